The Kier molecular flexibility index (Phi) is 3.43. The molecule has 4 heteroatoms. The lowest BCUT2D eigenvalue weighted by Gasteiger charge is -2.17. The number of fused-ring (bicyclic) bond motifs is 3. The Morgan fingerprint density at radius 2 is 1.79 bits per heavy atom. The predicted molar refractivity (Wildman–Crippen MR) is 101 cm³/mol. The molecule has 4 rings (SSSR count). The number of aromatic hydroxyl groups is 1. The first-order chi connectivity index (χ1) is 11.6. The quantitative estimate of drug-likeness (QED) is 0.558. The molecular formula is C20H17NO2S. The van der Waals surface area contributed by atoms with E-state index in [1.807, 2.05) is 47.8 Å². The lowest BCUT2D eigenvalue weighted by molar-refractivity contribution is 0.466. The summed E-state index contributed by atoms with van der Waals surface area (Å²) in [5, 5.41) is 14.2. The molecule has 0 atom stereocenters. The number of hydrogen-bond acceptors (Lipinski definition) is 3. The Labute approximate surface area is 143 Å². The molecule has 0 fully saturated rings. The third-order valence-corrected chi connectivity index (χ3v) is 5.27. The predicted octanol–water partition coefficient (Wildman–Crippen LogP) is 5.03. The first-order valence-corrected chi connectivity index (χ1v) is 8.80. The fourth-order valence-electron chi connectivity index (χ4n) is 3.37. The van der Waals surface area contributed by atoms with Crippen molar-refractivity contribution in [2.45, 2.75) is 19.8 Å². The van der Waals surface area contributed by atoms with Crippen LogP contribution in [0.15, 0.2) is 58.7 Å². The molecule has 0 radical (unpaired) electrons. The van der Waals surface area contributed by atoms with Gasteiger partial charge in [0.15, 0.2) is 0 Å². The minimum Gasteiger partial charge on any atom is -0.508 e. The summed E-state index contributed by atoms with van der Waals surface area (Å²) < 4.78 is 2.47. The molecule has 2 heterocycles. The van der Waals surface area contributed by atoms with Crippen LogP contribution in [0.3, 0.4) is 0 Å². The van der Waals surface area contributed by atoms with E-state index in [0.717, 1.165) is 32.2 Å². The summed E-state index contributed by atoms with van der Waals surface area (Å²) in [5.41, 5.74) is 2.54. The first kappa shape index (κ1) is 15.0. The van der Waals surface area contributed by atoms with E-state index in [9.17, 15) is 9.90 Å². The van der Waals surface area contributed by atoms with E-state index in [2.05, 4.69) is 13.8 Å². The lowest BCUT2D eigenvalue weighted by atomic mass is 9.95. The number of para-hydroxylation sites is 1. The van der Waals surface area contributed by atoms with Crippen LogP contribution in [0.5, 0.6) is 5.75 Å². The van der Waals surface area contributed by atoms with Crippen LogP contribution in [0.4, 0.5) is 0 Å². The van der Waals surface area contributed by atoms with E-state index in [-0.39, 0.29) is 17.2 Å². The number of phenols is 1. The van der Waals surface area contributed by atoms with Crippen LogP contribution in [0, 0.1) is 0 Å². The number of thiophene rings is 1. The highest BCUT2D eigenvalue weighted by molar-refractivity contribution is 7.17. The van der Waals surface area contributed by atoms with Gasteiger partial charge in [0.05, 0.1) is 5.52 Å². The lowest BCUT2D eigenvalue weighted by Crippen LogP contribution is -2.18. The first-order valence-electron chi connectivity index (χ1n) is 7.93. The van der Waals surface area contributed by atoms with Gasteiger partial charge in [0.2, 0.25) is 0 Å². The van der Waals surface area contributed by atoms with Gasteiger partial charge in [0.25, 0.3) is 5.56 Å². The van der Waals surface area contributed by atoms with Gasteiger partial charge in [-0.2, -0.15) is 0 Å². The van der Waals surface area contributed by atoms with Crippen molar-refractivity contribution in [2.24, 2.45) is 0 Å². The van der Waals surface area contributed by atoms with Crippen molar-refractivity contribution in [2.75, 3.05) is 0 Å². The van der Waals surface area contributed by atoms with Crippen molar-refractivity contribution >= 4 is 32.3 Å². The summed E-state index contributed by atoms with van der Waals surface area (Å²) in [5.74, 6) is 0.432. The van der Waals surface area contributed by atoms with Crippen LogP contribution >= 0.6 is 11.3 Å². The number of benzene rings is 2. The number of hydrogen-bond donors (Lipinski definition) is 1. The maximum absolute atomic E-state index is 13.1. The topological polar surface area (TPSA) is 42.2 Å². The minimum absolute atomic E-state index is 0.0147. The Morgan fingerprint density at radius 1 is 1.04 bits per heavy atom. The summed E-state index contributed by atoms with van der Waals surface area (Å²) in [6.45, 7) is 4.12. The summed E-state index contributed by atoms with van der Waals surface area (Å²) >= 11 is 1.45. The molecular weight excluding hydrogens is 318 g/mol. The van der Waals surface area contributed by atoms with Gasteiger partial charge in [0.1, 0.15) is 10.4 Å². The monoisotopic (exact) mass is 335 g/mol. The molecule has 0 aliphatic heterocycles. The molecule has 0 aliphatic rings. The zero-order valence-electron chi connectivity index (χ0n) is 13.5. The highest BCUT2D eigenvalue weighted by atomic mass is 32.1. The molecule has 24 heavy (non-hydrogen) atoms. The van der Waals surface area contributed by atoms with E-state index in [4.69, 9.17) is 0 Å². The molecule has 0 aliphatic carbocycles. The van der Waals surface area contributed by atoms with E-state index in [0.29, 0.717) is 0 Å². The van der Waals surface area contributed by atoms with Crippen molar-refractivity contribution in [3.05, 3.63) is 69.8 Å². The second kappa shape index (κ2) is 5.49. The van der Waals surface area contributed by atoms with Crippen LogP contribution in [0.1, 0.15) is 25.3 Å². The number of phenolic OH excluding ortho intramolecular Hbond substituents is 1. The SMILES string of the molecule is CC(C)c1c(O)ccc2c1c1ccsc1c(=O)n2-c1ccccc1. The van der Waals surface area contributed by atoms with E-state index in [1.54, 1.807) is 10.6 Å². The van der Waals surface area contributed by atoms with Gasteiger partial charge in [0, 0.05) is 22.0 Å². The molecule has 1 N–H and O–H groups in total. The zero-order valence-corrected chi connectivity index (χ0v) is 14.3. The molecule has 2 aromatic heterocycles. The van der Waals surface area contributed by atoms with Crippen molar-refractivity contribution < 1.29 is 5.11 Å². The molecule has 3 nitrogen and oxygen atoms in total. The average molecular weight is 335 g/mol. The third kappa shape index (κ3) is 2.07. The van der Waals surface area contributed by atoms with Crippen LogP contribution in [0.25, 0.3) is 26.7 Å². The Bertz CT molecular complexity index is 1110. The van der Waals surface area contributed by atoms with Crippen LogP contribution in [-0.2, 0) is 0 Å². The van der Waals surface area contributed by atoms with Gasteiger partial charge in [-0.3, -0.25) is 9.36 Å². The number of nitrogens with zero attached hydrogens (tertiary/aromatic N) is 1. The number of rotatable bonds is 2. The molecule has 0 amide bonds. The smallest absolute Gasteiger partial charge is 0.273 e. The molecule has 2 aromatic carbocycles. The molecule has 4 aromatic rings. The highest BCUT2D eigenvalue weighted by Gasteiger charge is 2.19. The van der Waals surface area contributed by atoms with E-state index < -0.39 is 0 Å². The van der Waals surface area contributed by atoms with Gasteiger partial charge in [-0.05, 0) is 41.6 Å². The van der Waals surface area contributed by atoms with Crippen LogP contribution in [0.2, 0.25) is 0 Å². The summed E-state index contributed by atoms with van der Waals surface area (Å²) in [7, 11) is 0. The number of aromatic nitrogens is 1. The second-order valence-electron chi connectivity index (χ2n) is 6.19. The maximum Gasteiger partial charge on any atom is 0.273 e. The standard InChI is InChI=1S/C20H17NO2S/c1-12(2)17-16(22)9-8-15-18(17)14-10-11-24-19(14)20(23)21(15)13-6-4-3-5-7-13/h3-12,22H,1-2H3. The minimum atomic E-state index is -0.0147. The van der Waals surface area contributed by atoms with E-state index >= 15 is 0 Å². The largest absolute Gasteiger partial charge is 0.508 e. The fourth-order valence-corrected chi connectivity index (χ4v) is 4.20. The molecule has 120 valence electrons. The third-order valence-electron chi connectivity index (χ3n) is 4.37. The van der Waals surface area contributed by atoms with Crippen molar-refractivity contribution in [3.8, 4) is 11.4 Å². The number of pyridine rings is 1. The van der Waals surface area contributed by atoms with Gasteiger partial charge in [-0.1, -0.05) is 32.0 Å². The van der Waals surface area contributed by atoms with Gasteiger partial charge in [-0.25, -0.2) is 0 Å². The van der Waals surface area contributed by atoms with Gasteiger partial charge < -0.3 is 5.11 Å². The summed E-state index contributed by atoms with van der Waals surface area (Å²) in [6, 6.07) is 15.2. The fraction of sp³-hybridized carbons (Fsp3) is 0.150. The highest BCUT2D eigenvalue weighted by Crippen LogP contribution is 2.38. The van der Waals surface area contributed by atoms with Crippen molar-refractivity contribution in [1.82, 2.24) is 4.57 Å². The van der Waals surface area contributed by atoms with Gasteiger partial charge in [-0.15, -0.1) is 11.3 Å². The average Bonchev–Trinajstić information content (AvgIpc) is 3.06. The van der Waals surface area contributed by atoms with Crippen molar-refractivity contribution in [3.63, 3.8) is 0 Å². The normalized spacial score (nSPS) is 11.6. The second-order valence-corrected chi connectivity index (χ2v) is 7.10. The Morgan fingerprint density at radius 3 is 2.50 bits per heavy atom. The molecule has 0 saturated carbocycles. The summed E-state index contributed by atoms with van der Waals surface area (Å²) in [6.07, 6.45) is 0. The molecule has 0 saturated heterocycles. The Balaban J connectivity index is 2.30. The van der Waals surface area contributed by atoms with E-state index in [1.165, 1.54) is 11.3 Å². The Hall–Kier alpha value is -2.59. The zero-order chi connectivity index (χ0) is 16.8. The van der Waals surface area contributed by atoms with Crippen molar-refractivity contribution in [1.29, 1.82) is 0 Å². The van der Waals surface area contributed by atoms with Crippen LogP contribution < -0.4 is 5.56 Å². The molecule has 0 unspecified atom stereocenters. The molecule has 0 spiro atoms. The molecule has 0 bridgehead atoms. The summed E-state index contributed by atoms with van der Waals surface area (Å²) in [4.78, 5) is 13.1. The maximum atomic E-state index is 13.1. The van der Waals surface area contributed by atoms with Gasteiger partial charge >= 0.3 is 0 Å². The van der Waals surface area contributed by atoms with Crippen LogP contribution in [-0.4, -0.2) is 9.67 Å².